The second kappa shape index (κ2) is 10.2. The van der Waals surface area contributed by atoms with Gasteiger partial charge in [0.15, 0.2) is 11.0 Å². The van der Waals surface area contributed by atoms with Crippen LogP contribution in [0, 0.1) is 6.92 Å². The number of amides is 1. The lowest BCUT2D eigenvalue weighted by molar-refractivity contribution is -0.118. The Hall–Kier alpha value is -2.87. The summed E-state index contributed by atoms with van der Waals surface area (Å²) in [5, 5.41) is 13.1. The maximum Gasteiger partial charge on any atom is 0.230 e. The van der Waals surface area contributed by atoms with Gasteiger partial charge in [0, 0.05) is 11.8 Å². The molecular formula is C23H19Cl2N5OS. The van der Waals surface area contributed by atoms with Gasteiger partial charge >= 0.3 is 0 Å². The molecule has 0 aliphatic carbocycles. The summed E-state index contributed by atoms with van der Waals surface area (Å²) in [4.78, 5) is 16.6. The molecule has 1 N–H and O–H groups in total. The number of thioether (sulfide) groups is 1. The van der Waals surface area contributed by atoms with Crippen molar-refractivity contribution >= 4 is 40.9 Å². The number of pyridine rings is 1. The van der Waals surface area contributed by atoms with Crippen LogP contribution in [0.4, 0.5) is 0 Å². The summed E-state index contributed by atoms with van der Waals surface area (Å²) >= 11 is 13.7. The van der Waals surface area contributed by atoms with Crippen LogP contribution in [0.1, 0.15) is 11.3 Å². The van der Waals surface area contributed by atoms with Crippen LogP contribution in [0.5, 0.6) is 0 Å². The molecule has 9 heteroatoms. The van der Waals surface area contributed by atoms with Crippen molar-refractivity contribution in [1.82, 2.24) is 25.1 Å². The van der Waals surface area contributed by atoms with E-state index in [9.17, 15) is 4.79 Å². The molecule has 162 valence electrons. The van der Waals surface area contributed by atoms with E-state index in [1.807, 2.05) is 60.0 Å². The van der Waals surface area contributed by atoms with Crippen molar-refractivity contribution in [2.45, 2.75) is 18.6 Å². The number of halogens is 2. The van der Waals surface area contributed by atoms with Crippen molar-refractivity contribution in [3.05, 3.63) is 88.2 Å². The van der Waals surface area contributed by atoms with Crippen LogP contribution in [0.2, 0.25) is 10.0 Å². The maximum atomic E-state index is 12.4. The molecule has 0 bridgehead atoms. The Balaban J connectivity index is 1.58. The summed E-state index contributed by atoms with van der Waals surface area (Å²) in [5.41, 5.74) is 3.61. The number of carbonyl (C=O) groups is 1. The number of nitrogens with zero attached hydrogens (tertiary/aromatic N) is 4. The zero-order chi connectivity index (χ0) is 22.5. The Labute approximate surface area is 200 Å². The quantitative estimate of drug-likeness (QED) is 0.358. The first kappa shape index (κ1) is 22.3. The average Bonchev–Trinajstić information content (AvgIpc) is 3.23. The number of aryl methyl sites for hydroxylation is 1. The van der Waals surface area contributed by atoms with Crippen LogP contribution in [0.3, 0.4) is 0 Å². The Morgan fingerprint density at radius 3 is 2.56 bits per heavy atom. The molecule has 2 heterocycles. The third-order valence-electron chi connectivity index (χ3n) is 4.63. The summed E-state index contributed by atoms with van der Waals surface area (Å²) in [6, 6.07) is 18.9. The molecule has 0 aliphatic rings. The van der Waals surface area contributed by atoms with Crippen LogP contribution in [-0.2, 0) is 11.3 Å². The molecule has 0 aliphatic heterocycles. The fourth-order valence-corrected chi connectivity index (χ4v) is 4.06. The number of nitrogens with one attached hydrogen (secondary N) is 1. The summed E-state index contributed by atoms with van der Waals surface area (Å²) in [7, 11) is 0. The molecule has 0 saturated heterocycles. The van der Waals surface area contributed by atoms with Gasteiger partial charge in [-0.1, -0.05) is 70.9 Å². The van der Waals surface area contributed by atoms with Gasteiger partial charge in [-0.25, -0.2) is 0 Å². The number of hydrogen-bond acceptors (Lipinski definition) is 5. The molecule has 32 heavy (non-hydrogen) atoms. The van der Waals surface area contributed by atoms with E-state index in [0.29, 0.717) is 27.6 Å². The lowest BCUT2D eigenvalue weighted by Crippen LogP contribution is -2.25. The molecule has 4 aromatic rings. The van der Waals surface area contributed by atoms with E-state index in [4.69, 9.17) is 23.2 Å². The van der Waals surface area contributed by atoms with Gasteiger partial charge in [0.2, 0.25) is 5.91 Å². The molecule has 2 aromatic carbocycles. The molecule has 6 nitrogen and oxygen atoms in total. The predicted octanol–water partition coefficient (Wildman–Crippen LogP) is 5.35. The van der Waals surface area contributed by atoms with Crippen LogP contribution >= 0.6 is 35.0 Å². The van der Waals surface area contributed by atoms with E-state index in [-0.39, 0.29) is 11.7 Å². The molecule has 4 rings (SSSR count). The lowest BCUT2D eigenvalue weighted by atomic mass is 10.1. The van der Waals surface area contributed by atoms with E-state index >= 15 is 0 Å². The second-order valence-electron chi connectivity index (χ2n) is 6.99. The second-order valence-corrected chi connectivity index (χ2v) is 8.75. The summed E-state index contributed by atoms with van der Waals surface area (Å²) < 4.78 is 1.88. The molecule has 0 saturated carbocycles. The first-order valence-corrected chi connectivity index (χ1v) is 11.5. The lowest BCUT2D eigenvalue weighted by Gasteiger charge is -2.11. The minimum Gasteiger partial charge on any atom is -0.350 e. The topological polar surface area (TPSA) is 72.7 Å². The van der Waals surface area contributed by atoms with Gasteiger partial charge in [0.1, 0.15) is 0 Å². The number of carbonyl (C=O) groups excluding carboxylic acids is 1. The number of benzene rings is 2. The Bertz CT molecular complexity index is 1230. The molecule has 0 atom stereocenters. The van der Waals surface area contributed by atoms with Crippen LogP contribution in [0.25, 0.3) is 17.1 Å². The zero-order valence-corrected chi connectivity index (χ0v) is 19.5. The normalized spacial score (nSPS) is 10.8. The SMILES string of the molecule is Cc1ccc(-c2nnc(SCC(=O)NCc3ccccn3)n2-c2ccc(Cl)c(Cl)c2)cc1. The van der Waals surface area contributed by atoms with Gasteiger partial charge in [-0.2, -0.15) is 0 Å². The smallest absolute Gasteiger partial charge is 0.230 e. The summed E-state index contributed by atoms with van der Waals surface area (Å²) in [6.07, 6.45) is 1.70. The Morgan fingerprint density at radius 2 is 1.84 bits per heavy atom. The van der Waals surface area contributed by atoms with E-state index in [2.05, 4.69) is 20.5 Å². The molecular weight excluding hydrogens is 465 g/mol. The Kier molecular flexibility index (Phi) is 7.09. The van der Waals surface area contributed by atoms with E-state index < -0.39 is 0 Å². The number of rotatable bonds is 7. The molecule has 1 amide bonds. The average molecular weight is 484 g/mol. The van der Waals surface area contributed by atoms with Crippen molar-refractivity contribution < 1.29 is 4.79 Å². The van der Waals surface area contributed by atoms with Gasteiger partial charge in [0.25, 0.3) is 0 Å². The van der Waals surface area contributed by atoms with Crippen LogP contribution in [-0.4, -0.2) is 31.4 Å². The standard InChI is InChI=1S/C23H19Cl2N5OS/c1-15-5-7-16(8-6-15)22-28-29-23(30(22)18-9-10-19(24)20(25)12-18)32-14-21(31)27-13-17-4-2-3-11-26-17/h2-12H,13-14H2,1H3,(H,27,31). The van der Waals surface area contributed by atoms with Gasteiger partial charge in [0.05, 0.1) is 33.7 Å². The highest BCUT2D eigenvalue weighted by Crippen LogP contribution is 2.31. The van der Waals surface area contributed by atoms with E-state index in [1.54, 1.807) is 18.3 Å². The third kappa shape index (κ3) is 5.30. The van der Waals surface area contributed by atoms with Gasteiger partial charge in [-0.15, -0.1) is 10.2 Å². The number of aromatic nitrogens is 4. The highest BCUT2D eigenvalue weighted by Gasteiger charge is 2.18. The minimum atomic E-state index is -0.124. The highest BCUT2D eigenvalue weighted by atomic mass is 35.5. The van der Waals surface area contributed by atoms with Crippen molar-refractivity contribution in [3.8, 4) is 17.1 Å². The monoisotopic (exact) mass is 483 g/mol. The fraction of sp³-hybridized carbons (Fsp3) is 0.130. The van der Waals surface area contributed by atoms with Crippen molar-refractivity contribution in [1.29, 1.82) is 0 Å². The Morgan fingerprint density at radius 1 is 1.03 bits per heavy atom. The van der Waals surface area contributed by atoms with Gasteiger partial charge in [-0.05, 0) is 37.3 Å². The maximum absolute atomic E-state index is 12.4. The zero-order valence-electron chi connectivity index (χ0n) is 17.1. The first-order chi connectivity index (χ1) is 15.5. The van der Waals surface area contributed by atoms with Gasteiger partial charge in [-0.3, -0.25) is 14.3 Å². The molecule has 2 aromatic heterocycles. The van der Waals surface area contributed by atoms with Crippen LogP contribution in [0.15, 0.2) is 72.0 Å². The molecule has 0 radical (unpaired) electrons. The molecule has 0 spiro atoms. The molecule has 0 unspecified atom stereocenters. The third-order valence-corrected chi connectivity index (χ3v) is 6.30. The van der Waals surface area contributed by atoms with Crippen molar-refractivity contribution in [2.24, 2.45) is 0 Å². The fourth-order valence-electron chi connectivity index (χ4n) is 2.98. The summed E-state index contributed by atoms with van der Waals surface area (Å²) in [5.74, 6) is 0.709. The first-order valence-electron chi connectivity index (χ1n) is 9.78. The van der Waals surface area contributed by atoms with Crippen LogP contribution < -0.4 is 5.32 Å². The minimum absolute atomic E-state index is 0.124. The van der Waals surface area contributed by atoms with Crippen molar-refractivity contribution in [3.63, 3.8) is 0 Å². The highest BCUT2D eigenvalue weighted by molar-refractivity contribution is 7.99. The summed E-state index contributed by atoms with van der Waals surface area (Å²) in [6.45, 7) is 2.40. The van der Waals surface area contributed by atoms with E-state index in [1.165, 1.54) is 11.8 Å². The van der Waals surface area contributed by atoms with E-state index in [0.717, 1.165) is 22.5 Å². The van der Waals surface area contributed by atoms with Crippen molar-refractivity contribution in [2.75, 3.05) is 5.75 Å². The molecule has 0 fully saturated rings. The number of hydrogen-bond donors (Lipinski definition) is 1. The largest absolute Gasteiger partial charge is 0.350 e. The van der Waals surface area contributed by atoms with Gasteiger partial charge < -0.3 is 5.32 Å². The predicted molar refractivity (Wildman–Crippen MR) is 128 cm³/mol.